The largest absolute Gasteiger partial charge is 0.396 e. The molecule has 0 spiro atoms. The van der Waals surface area contributed by atoms with Crippen molar-refractivity contribution < 1.29 is 5.11 Å². The average Bonchev–Trinajstić information content (AvgIpc) is 2.19. The zero-order valence-electron chi connectivity index (χ0n) is 4.02. The maximum absolute atomic E-state index is 8.38. The van der Waals surface area contributed by atoms with E-state index in [0.29, 0.717) is 12.5 Å². The summed E-state index contributed by atoms with van der Waals surface area (Å²) in [5.41, 5.74) is 0. The lowest BCUT2D eigenvalue weighted by molar-refractivity contribution is 0.270. The zero-order chi connectivity index (χ0) is 4.57. The molecular weight excluding hydrogens is 76.1 g/mol. The molecule has 1 aliphatic carbocycles. The van der Waals surface area contributed by atoms with Gasteiger partial charge >= 0.3 is 0 Å². The minimum atomic E-state index is 0.404. The topological polar surface area (TPSA) is 20.2 Å². The highest BCUT2D eigenvalue weighted by atomic mass is 16.3. The third-order valence-electron chi connectivity index (χ3n) is 1.51. The lowest BCUT2D eigenvalue weighted by atomic mass is 10.4. The first-order chi connectivity index (χ1) is 2.84. The predicted molar refractivity (Wildman–Crippen MR) is 24.4 cm³/mol. The van der Waals surface area contributed by atoms with Crippen LogP contribution >= 0.6 is 0 Å². The van der Waals surface area contributed by atoms with Crippen molar-refractivity contribution in [3.8, 4) is 0 Å². The summed E-state index contributed by atoms with van der Waals surface area (Å²) in [5.74, 6) is 1.47. The van der Waals surface area contributed by atoms with Crippen LogP contribution in [0, 0.1) is 11.8 Å². The first kappa shape index (κ1) is 4.13. The molecule has 0 saturated heterocycles. The second kappa shape index (κ2) is 1.23. The summed E-state index contributed by atoms with van der Waals surface area (Å²) in [7, 11) is 0. The van der Waals surface area contributed by atoms with Crippen LogP contribution < -0.4 is 0 Å². The number of hydrogen-bond donors (Lipinski definition) is 1. The van der Waals surface area contributed by atoms with Gasteiger partial charge in [-0.05, 0) is 18.3 Å². The second-order valence-corrected chi connectivity index (χ2v) is 2.16. The molecule has 0 heterocycles. The van der Waals surface area contributed by atoms with Gasteiger partial charge in [-0.1, -0.05) is 6.92 Å². The molecule has 0 aromatic rings. The Labute approximate surface area is 38.0 Å². The van der Waals surface area contributed by atoms with E-state index >= 15 is 0 Å². The van der Waals surface area contributed by atoms with E-state index in [1.165, 1.54) is 6.42 Å². The molecule has 2 atom stereocenters. The first-order valence-corrected chi connectivity index (χ1v) is 2.45. The summed E-state index contributed by atoms with van der Waals surface area (Å²) < 4.78 is 0. The molecule has 0 radical (unpaired) electrons. The molecule has 1 heteroatoms. The van der Waals surface area contributed by atoms with Crippen molar-refractivity contribution in [3.05, 3.63) is 0 Å². The fraction of sp³-hybridized carbons (Fsp3) is 1.00. The zero-order valence-corrected chi connectivity index (χ0v) is 4.02. The smallest absolute Gasteiger partial charge is 0.0461 e. The average molecular weight is 86.1 g/mol. The molecule has 1 aliphatic rings. The molecule has 1 fully saturated rings. The van der Waals surface area contributed by atoms with Gasteiger partial charge in [-0.25, -0.2) is 0 Å². The van der Waals surface area contributed by atoms with E-state index < -0.39 is 0 Å². The monoisotopic (exact) mass is 86.1 g/mol. The lowest BCUT2D eigenvalue weighted by Crippen LogP contribution is -1.83. The van der Waals surface area contributed by atoms with Crippen LogP contribution in [0.4, 0.5) is 0 Å². The Hall–Kier alpha value is -0.0400. The molecule has 6 heavy (non-hydrogen) atoms. The maximum Gasteiger partial charge on any atom is 0.0461 e. The maximum atomic E-state index is 8.38. The Balaban J connectivity index is 2.09. The number of aliphatic hydroxyl groups is 1. The Morgan fingerprint density at radius 1 is 1.83 bits per heavy atom. The first-order valence-electron chi connectivity index (χ1n) is 2.45. The number of hydrogen-bond acceptors (Lipinski definition) is 1. The summed E-state index contributed by atoms with van der Waals surface area (Å²) in [6, 6.07) is 0. The van der Waals surface area contributed by atoms with E-state index in [2.05, 4.69) is 6.92 Å². The molecule has 0 aliphatic heterocycles. The van der Waals surface area contributed by atoms with Crippen molar-refractivity contribution in [3.63, 3.8) is 0 Å². The van der Waals surface area contributed by atoms with Crippen molar-refractivity contribution in [2.75, 3.05) is 6.61 Å². The van der Waals surface area contributed by atoms with E-state index in [1.807, 2.05) is 0 Å². The standard InChI is InChI=1S/C5H10O/c1-4-2-5(4)3-6/h4-6H,2-3H2,1H3/t4?,5-/m1/s1. The second-order valence-electron chi connectivity index (χ2n) is 2.16. The van der Waals surface area contributed by atoms with E-state index in [0.717, 1.165) is 5.92 Å². The minimum Gasteiger partial charge on any atom is -0.396 e. The SMILES string of the molecule is CC1C[C@@H]1CO. The summed E-state index contributed by atoms with van der Waals surface area (Å²) in [6.07, 6.45) is 1.25. The minimum absolute atomic E-state index is 0.404. The van der Waals surface area contributed by atoms with Gasteiger partial charge in [0, 0.05) is 6.61 Å². The fourth-order valence-electron chi connectivity index (χ4n) is 0.653. The highest BCUT2D eigenvalue weighted by molar-refractivity contribution is 4.80. The van der Waals surface area contributed by atoms with Gasteiger partial charge in [0.15, 0.2) is 0 Å². The number of rotatable bonds is 1. The van der Waals surface area contributed by atoms with Gasteiger partial charge in [-0.15, -0.1) is 0 Å². The summed E-state index contributed by atoms with van der Waals surface area (Å²) in [5, 5.41) is 8.38. The Morgan fingerprint density at radius 2 is 2.33 bits per heavy atom. The van der Waals surface area contributed by atoms with Crippen molar-refractivity contribution >= 4 is 0 Å². The molecular formula is C5H10O. The van der Waals surface area contributed by atoms with Gasteiger partial charge in [-0.2, -0.15) is 0 Å². The molecule has 0 aromatic carbocycles. The van der Waals surface area contributed by atoms with Crippen LogP contribution in [0.1, 0.15) is 13.3 Å². The lowest BCUT2D eigenvalue weighted by Gasteiger charge is -1.79. The molecule has 1 saturated carbocycles. The van der Waals surface area contributed by atoms with Gasteiger partial charge < -0.3 is 5.11 Å². The van der Waals surface area contributed by atoms with Crippen molar-refractivity contribution in [1.82, 2.24) is 0 Å². The van der Waals surface area contributed by atoms with Gasteiger partial charge in [0.25, 0.3) is 0 Å². The Morgan fingerprint density at radius 3 is 2.33 bits per heavy atom. The van der Waals surface area contributed by atoms with Crippen LogP contribution in [-0.4, -0.2) is 11.7 Å². The fourth-order valence-corrected chi connectivity index (χ4v) is 0.653. The molecule has 36 valence electrons. The van der Waals surface area contributed by atoms with Crippen LogP contribution in [0.25, 0.3) is 0 Å². The quantitative estimate of drug-likeness (QED) is 0.496. The summed E-state index contributed by atoms with van der Waals surface area (Å²) >= 11 is 0. The molecule has 0 aromatic heterocycles. The van der Waals surface area contributed by atoms with Gasteiger partial charge in [-0.3, -0.25) is 0 Å². The molecule has 1 rings (SSSR count). The van der Waals surface area contributed by atoms with Crippen LogP contribution in [0.3, 0.4) is 0 Å². The van der Waals surface area contributed by atoms with Gasteiger partial charge in [0.2, 0.25) is 0 Å². The van der Waals surface area contributed by atoms with E-state index in [1.54, 1.807) is 0 Å². The van der Waals surface area contributed by atoms with Crippen LogP contribution in [-0.2, 0) is 0 Å². The molecule has 0 bridgehead atoms. The van der Waals surface area contributed by atoms with Gasteiger partial charge in [0.1, 0.15) is 0 Å². The Kier molecular flexibility index (Phi) is 0.845. The van der Waals surface area contributed by atoms with Crippen LogP contribution in [0.2, 0.25) is 0 Å². The highest BCUT2D eigenvalue weighted by Crippen LogP contribution is 2.36. The summed E-state index contributed by atoms with van der Waals surface area (Å²) in [6.45, 7) is 2.57. The molecule has 1 nitrogen and oxygen atoms in total. The van der Waals surface area contributed by atoms with E-state index in [4.69, 9.17) is 5.11 Å². The van der Waals surface area contributed by atoms with E-state index in [-0.39, 0.29) is 0 Å². The molecule has 1 N–H and O–H groups in total. The van der Waals surface area contributed by atoms with Crippen LogP contribution in [0.5, 0.6) is 0 Å². The predicted octanol–water partition coefficient (Wildman–Crippen LogP) is 0.635. The highest BCUT2D eigenvalue weighted by Gasteiger charge is 2.30. The van der Waals surface area contributed by atoms with Crippen molar-refractivity contribution in [1.29, 1.82) is 0 Å². The van der Waals surface area contributed by atoms with Crippen molar-refractivity contribution in [2.24, 2.45) is 11.8 Å². The van der Waals surface area contributed by atoms with Crippen LogP contribution in [0.15, 0.2) is 0 Å². The number of aliphatic hydroxyl groups excluding tert-OH is 1. The Bertz CT molecular complexity index is 49.9. The van der Waals surface area contributed by atoms with Gasteiger partial charge in [0.05, 0.1) is 0 Å². The van der Waals surface area contributed by atoms with Crippen molar-refractivity contribution in [2.45, 2.75) is 13.3 Å². The summed E-state index contributed by atoms with van der Waals surface area (Å²) in [4.78, 5) is 0. The van der Waals surface area contributed by atoms with E-state index in [9.17, 15) is 0 Å². The third kappa shape index (κ3) is 0.548. The third-order valence-corrected chi connectivity index (χ3v) is 1.51. The normalized spacial score (nSPS) is 43.0. The molecule has 0 amide bonds. The molecule has 1 unspecified atom stereocenters.